The van der Waals surface area contributed by atoms with Crippen LogP contribution in [0.5, 0.6) is 0 Å². The van der Waals surface area contributed by atoms with Crippen molar-refractivity contribution in [1.82, 2.24) is 9.55 Å². The lowest BCUT2D eigenvalue weighted by molar-refractivity contribution is 0.102. The van der Waals surface area contributed by atoms with Crippen molar-refractivity contribution in [2.75, 3.05) is 5.32 Å². The number of hydrogen-bond acceptors (Lipinski definition) is 2. The summed E-state index contributed by atoms with van der Waals surface area (Å²) >= 11 is 0. The second-order valence-electron chi connectivity index (χ2n) is 6.18. The molecule has 0 bridgehead atoms. The second kappa shape index (κ2) is 7.44. The Kier molecular flexibility index (Phi) is 4.68. The molecular formula is C22H15F2N3O. The van der Waals surface area contributed by atoms with Crippen molar-refractivity contribution in [1.29, 1.82) is 0 Å². The monoisotopic (exact) mass is 375 g/mol. The van der Waals surface area contributed by atoms with Gasteiger partial charge in [0.1, 0.15) is 11.6 Å². The third kappa shape index (κ3) is 3.66. The predicted octanol–water partition coefficient (Wildman–Crippen LogP) is 5.07. The minimum Gasteiger partial charge on any atom is -0.322 e. The van der Waals surface area contributed by atoms with Crippen LogP contribution in [-0.2, 0) is 0 Å². The molecule has 0 saturated heterocycles. The average molecular weight is 375 g/mol. The standard InChI is InChI=1S/C22H15F2N3O/c23-17-6-7-20(21(24)12-17)15-4-3-5-18(10-15)26-22(28)16-11-19(14-25-13-16)27-8-1-2-9-27/h1-14H,(H,26,28). The number of amides is 1. The summed E-state index contributed by atoms with van der Waals surface area (Å²) in [7, 11) is 0. The first-order valence-corrected chi connectivity index (χ1v) is 8.55. The number of nitrogens with zero attached hydrogens (tertiary/aromatic N) is 2. The van der Waals surface area contributed by atoms with Gasteiger partial charge in [-0.1, -0.05) is 12.1 Å². The Morgan fingerprint density at radius 1 is 0.929 bits per heavy atom. The van der Waals surface area contributed by atoms with Crippen molar-refractivity contribution >= 4 is 11.6 Å². The Hall–Kier alpha value is -3.80. The highest BCUT2D eigenvalue weighted by Gasteiger charge is 2.11. The van der Waals surface area contributed by atoms with Gasteiger partial charge in [0, 0.05) is 35.9 Å². The molecule has 0 atom stereocenters. The third-order valence-corrected chi connectivity index (χ3v) is 4.25. The van der Waals surface area contributed by atoms with Gasteiger partial charge in [-0.15, -0.1) is 0 Å². The summed E-state index contributed by atoms with van der Waals surface area (Å²) in [5.41, 5.74) is 2.45. The van der Waals surface area contributed by atoms with Crippen LogP contribution in [0.2, 0.25) is 0 Å². The number of rotatable bonds is 4. The zero-order valence-electron chi connectivity index (χ0n) is 14.6. The maximum absolute atomic E-state index is 14.0. The zero-order valence-corrected chi connectivity index (χ0v) is 14.6. The van der Waals surface area contributed by atoms with E-state index < -0.39 is 11.6 Å². The molecular weight excluding hydrogens is 360 g/mol. The molecule has 0 unspecified atom stereocenters. The molecule has 1 N–H and O–H groups in total. The second-order valence-corrected chi connectivity index (χ2v) is 6.18. The van der Waals surface area contributed by atoms with Gasteiger partial charge < -0.3 is 9.88 Å². The van der Waals surface area contributed by atoms with E-state index in [0.717, 1.165) is 11.8 Å². The number of carbonyl (C=O) groups excluding carboxylic acids is 1. The molecule has 4 aromatic rings. The summed E-state index contributed by atoms with van der Waals surface area (Å²) in [4.78, 5) is 16.7. The van der Waals surface area contributed by atoms with Gasteiger partial charge in [0.05, 0.1) is 17.4 Å². The topological polar surface area (TPSA) is 46.9 Å². The first-order chi connectivity index (χ1) is 13.6. The molecule has 2 aromatic heterocycles. The number of carbonyl (C=O) groups is 1. The highest BCUT2D eigenvalue weighted by molar-refractivity contribution is 6.04. The minimum atomic E-state index is -0.660. The lowest BCUT2D eigenvalue weighted by Gasteiger charge is -2.09. The van der Waals surface area contributed by atoms with Crippen LogP contribution in [-0.4, -0.2) is 15.5 Å². The van der Waals surface area contributed by atoms with Crippen molar-refractivity contribution in [3.8, 4) is 16.8 Å². The molecule has 1 amide bonds. The first kappa shape index (κ1) is 17.6. The molecule has 0 aliphatic rings. The van der Waals surface area contributed by atoms with Crippen LogP contribution in [0.1, 0.15) is 10.4 Å². The van der Waals surface area contributed by atoms with E-state index in [1.807, 2.05) is 29.1 Å². The van der Waals surface area contributed by atoms with E-state index in [2.05, 4.69) is 10.3 Å². The van der Waals surface area contributed by atoms with Crippen LogP contribution in [0, 0.1) is 11.6 Å². The van der Waals surface area contributed by atoms with Gasteiger partial charge in [-0.05, 0) is 48.0 Å². The molecule has 4 nitrogen and oxygen atoms in total. The number of aromatic nitrogens is 2. The number of nitrogens with one attached hydrogen (secondary N) is 1. The normalized spacial score (nSPS) is 10.6. The quantitative estimate of drug-likeness (QED) is 0.541. The fourth-order valence-electron chi connectivity index (χ4n) is 2.89. The van der Waals surface area contributed by atoms with Gasteiger partial charge in [0.25, 0.3) is 5.91 Å². The molecule has 4 rings (SSSR count). The highest BCUT2D eigenvalue weighted by Crippen LogP contribution is 2.26. The van der Waals surface area contributed by atoms with Crippen LogP contribution >= 0.6 is 0 Å². The summed E-state index contributed by atoms with van der Waals surface area (Å²) in [6.07, 6.45) is 6.86. The van der Waals surface area contributed by atoms with Crippen LogP contribution in [0.4, 0.5) is 14.5 Å². The average Bonchev–Trinajstić information content (AvgIpc) is 3.23. The van der Waals surface area contributed by atoms with E-state index in [1.165, 1.54) is 18.3 Å². The molecule has 6 heteroatoms. The molecule has 0 spiro atoms. The van der Waals surface area contributed by atoms with Crippen molar-refractivity contribution in [2.24, 2.45) is 0 Å². The summed E-state index contributed by atoms with van der Waals surface area (Å²) in [6, 6.07) is 15.6. The van der Waals surface area contributed by atoms with Crippen LogP contribution in [0.15, 0.2) is 85.5 Å². The predicted molar refractivity (Wildman–Crippen MR) is 103 cm³/mol. The molecule has 0 aliphatic heterocycles. The maximum atomic E-state index is 14.0. The first-order valence-electron chi connectivity index (χ1n) is 8.55. The summed E-state index contributed by atoms with van der Waals surface area (Å²) < 4.78 is 29.0. The molecule has 0 saturated carbocycles. The molecule has 0 aliphatic carbocycles. The Bertz CT molecular complexity index is 1140. The molecule has 2 heterocycles. The van der Waals surface area contributed by atoms with E-state index in [4.69, 9.17) is 0 Å². The number of hydrogen-bond donors (Lipinski definition) is 1. The van der Waals surface area contributed by atoms with E-state index >= 15 is 0 Å². The fraction of sp³-hybridized carbons (Fsp3) is 0. The van der Waals surface area contributed by atoms with Crippen LogP contribution in [0.3, 0.4) is 0 Å². The summed E-state index contributed by atoms with van der Waals surface area (Å²) in [6.45, 7) is 0. The van der Waals surface area contributed by atoms with E-state index in [9.17, 15) is 13.6 Å². The number of benzene rings is 2. The molecule has 0 radical (unpaired) electrons. The fourth-order valence-corrected chi connectivity index (χ4v) is 2.89. The summed E-state index contributed by atoms with van der Waals surface area (Å²) in [5.74, 6) is -1.63. The Morgan fingerprint density at radius 3 is 2.54 bits per heavy atom. The van der Waals surface area contributed by atoms with Crippen molar-refractivity contribution in [2.45, 2.75) is 0 Å². The van der Waals surface area contributed by atoms with Crippen molar-refractivity contribution < 1.29 is 13.6 Å². The number of halogens is 2. The van der Waals surface area contributed by atoms with E-state index in [1.54, 1.807) is 36.5 Å². The van der Waals surface area contributed by atoms with Gasteiger partial charge in [0.2, 0.25) is 0 Å². The maximum Gasteiger partial charge on any atom is 0.257 e. The minimum absolute atomic E-state index is 0.258. The number of anilines is 1. The largest absolute Gasteiger partial charge is 0.322 e. The van der Waals surface area contributed by atoms with Crippen molar-refractivity contribution in [3.05, 3.63) is 103 Å². The Balaban J connectivity index is 1.58. The van der Waals surface area contributed by atoms with Crippen molar-refractivity contribution in [3.63, 3.8) is 0 Å². The third-order valence-electron chi connectivity index (χ3n) is 4.25. The summed E-state index contributed by atoms with van der Waals surface area (Å²) in [5, 5.41) is 2.79. The zero-order chi connectivity index (χ0) is 19.5. The molecule has 2 aromatic carbocycles. The smallest absolute Gasteiger partial charge is 0.257 e. The van der Waals surface area contributed by atoms with E-state index in [-0.39, 0.29) is 11.5 Å². The molecule has 138 valence electrons. The lowest BCUT2D eigenvalue weighted by Crippen LogP contribution is -2.12. The SMILES string of the molecule is O=C(Nc1cccc(-c2ccc(F)cc2F)c1)c1cncc(-n2cccc2)c1. The molecule has 28 heavy (non-hydrogen) atoms. The Labute approximate surface area is 160 Å². The van der Waals surface area contributed by atoms with Crippen LogP contribution in [0.25, 0.3) is 16.8 Å². The van der Waals surface area contributed by atoms with E-state index in [0.29, 0.717) is 16.8 Å². The van der Waals surface area contributed by atoms with Gasteiger partial charge in [0.15, 0.2) is 0 Å². The van der Waals surface area contributed by atoms with Gasteiger partial charge in [-0.2, -0.15) is 0 Å². The van der Waals surface area contributed by atoms with Gasteiger partial charge in [-0.25, -0.2) is 8.78 Å². The van der Waals surface area contributed by atoms with Gasteiger partial charge >= 0.3 is 0 Å². The lowest BCUT2D eigenvalue weighted by atomic mass is 10.0. The number of pyridine rings is 1. The highest BCUT2D eigenvalue weighted by atomic mass is 19.1. The Morgan fingerprint density at radius 2 is 1.75 bits per heavy atom. The molecule has 0 fully saturated rings. The van der Waals surface area contributed by atoms with Gasteiger partial charge in [-0.3, -0.25) is 9.78 Å². The van der Waals surface area contributed by atoms with Crippen LogP contribution < -0.4 is 5.32 Å².